The van der Waals surface area contributed by atoms with Gasteiger partial charge in [0.25, 0.3) is 5.95 Å². The number of hydrogen-bond donors (Lipinski definition) is 1. The lowest BCUT2D eigenvalue weighted by molar-refractivity contribution is 0.242. The van der Waals surface area contributed by atoms with Crippen molar-refractivity contribution in [3.63, 3.8) is 0 Å². The molecule has 1 saturated carbocycles. The van der Waals surface area contributed by atoms with Crippen LogP contribution in [0.4, 0.5) is 8.78 Å². The van der Waals surface area contributed by atoms with Gasteiger partial charge in [0.15, 0.2) is 5.82 Å². The first-order valence-electron chi connectivity index (χ1n) is 12.5. The molecule has 3 heterocycles. The van der Waals surface area contributed by atoms with Crippen LogP contribution in [-0.2, 0) is 21.9 Å². The van der Waals surface area contributed by atoms with E-state index in [2.05, 4.69) is 43.8 Å². The van der Waals surface area contributed by atoms with Crippen LogP contribution in [0.5, 0.6) is 0 Å². The molecule has 2 aliphatic carbocycles. The van der Waals surface area contributed by atoms with Gasteiger partial charge in [-0.1, -0.05) is 19.9 Å². The Hall–Kier alpha value is -3.71. The van der Waals surface area contributed by atoms with Crippen LogP contribution in [0.15, 0.2) is 42.9 Å². The summed E-state index contributed by atoms with van der Waals surface area (Å²) in [5.41, 5.74) is 1.57. The van der Waals surface area contributed by atoms with Crippen LogP contribution in [0, 0.1) is 17.0 Å². The summed E-state index contributed by atoms with van der Waals surface area (Å²) in [4.78, 5) is 13.5. The molecule has 1 fully saturated rings. The summed E-state index contributed by atoms with van der Waals surface area (Å²) in [6, 6.07) is 7.39. The molecule has 0 unspecified atom stereocenters. The molecule has 2 atom stereocenters. The maximum absolute atomic E-state index is 14.5. The molecule has 1 N–H and O–H groups in total. The fourth-order valence-electron chi connectivity index (χ4n) is 6.31. The SMILES string of the molecule is CC1(C)[C@H]2CC[C@@]1(c1ccnc(-n3cnc(CCNS(C)(=O)=O)n3)n1)c1nnc(-c3c(F)cccc3F)cc12. The van der Waals surface area contributed by atoms with Crippen LogP contribution in [-0.4, -0.2) is 56.1 Å². The van der Waals surface area contributed by atoms with Gasteiger partial charge in [-0.3, -0.25) is 0 Å². The third kappa shape index (κ3) is 4.02. The van der Waals surface area contributed by atoms with Crippen molar-refractivity contribution >= 4 is 10.0 Å². The van der Waals surface area contributed by atoms with Crippen LogP contribution in [0.1, 0.15) is 55.4 Å². The van der Waals surface area contributed by atoms with Gasteiger partial charge >= 0.3 is 0 Å². The van der Waals surface area contributed by atoms with Crippen molar-refractivity contribution in [1.29, 1.82) is 0 Å². The third-order valence-electron chi connectivity index (χ3n) is 8.14. The molecule has 0 saturated heterocycles. The maximum Gasteiger partial charge on any atom is 0.252 e. The highest BCUT2D eigenvalue weighted by molar-refractivity contribution is 7.88. The number of hydrogen-bond acceptors (Lipinski definition) is 8. The van der Waals surface area contributed by atoms with E-state index < -0.39 is 27.1 Å². The molecule has 2 aliphatic rings. The molecule has 13 heteroatoms. The van der Waals surface area contributed by atoms with Crippen LogP contribution in [0.25, 0.3) is 17.2 Å². The summed E-state index contributed by atoms with van der Waals surface area (Å²) in [7, 11) is -3.30. The third-order valence-corrected chi connectivity index (χ3v) is 8.87. The van der Waals surface area contributed by atoms with Crippen molar-refractivity contribution in [3.05, 3.63) is 77.3 Å². The second kappa shape index (κ2) is 8.91. The number of nitrogens with zero attached hydrogens (tertiary/aromatic N) is 7. The topological polar surface area (TPSA) is 128 Å². The number of nitrogens with one attached hydrogen (secondary N) is 1. The first-order valence-corrected chi connectivity index (χ1v) is 14.4. The van der Waals surface area contributed by atoms with E-state index in [9.17, 15) is 17.2 Å². The van der Waals surface area contributed by atoms with E-state index in [1.54, 1.807) is 12.3 Å². The Morgan fingerprint density at radius 1 is 1.13 bits per heavy atom. The fourth-order valence-corrected chi connectivity index (χ4v) is 6.78. The second-order valence-electron chi connectivity index (χ2n) is 10.6. The highest BCUT2D eigenvalue weighted by Crippen LogP contribution is 2.69. The van der Waals surface area contributed by atoms with Crippen molar-refractivity contribution < 1.29 is 17.2 Å². The number of sulfonamides is 1. The first-order chi connectivity index (χ1) is 18.5. The van der Waals surface area contributed by atoms with E-state index >= 15 is 0 Å². The fraction of sp³-hybridized carbons (Fsp3) is 0.385. The van der Waals surface area contributed by atoms with Gasteiger partial charge in [-0.2, -0.15) is 9.78 Å². The summed E-state index contributed by atoms with van der Waals surface area (Å²) >= 11 is 0. The van der Waals surface area contributed by atoms with E-state index in [0.717, 1.165) is 36.0 Å². The number of fused-ring (bicyclic) bond motifs is 5. The Labute approximate surface area is 224 Å². The zero-order valence-electron chi connectivity index (χ0n) is 21.6. The first kappa shape index (κ1) is 25.6. The van der Waals surface area contributed by atoms with E-state index in [4.69, 9.17) is 4.98 Å². The van der Waals surface area contributed by atoms with E-state index in [-0.39, 0.29) is 29.1 Å². The molecule has 4 aromatic rings. The van der Waals surface area contributed by atoms with Gasteiger partial charge in [-0.05, 0) is 54.0 Å². The van der Waals surface area contributed by atoms with Crippen LogP contribution in [0.2, 0.25) is 0 Å². The summed E-state index contributed by atoms with van der Waals surface area (Å²) in [6.07, 6.45) is 6.22. The lowest BCUT2D eigenvalue weighted by atomic mass is 9.66. The molecule has 0 amide bonds. The van der Waals surface area contributed by atoms with Crippen molar-refractivity contribution in [1.82, 2.24) is 39.7 Å². The highest BCUT2D eigenvalue weighted by atomic mass is 32.2. The van der Waals surface area contributed by atoms with Crippen LogP contribution < -0.4 is 4.72 Å². The Bertz CT molecular complexity index is 1690. The summed E-state index contributed by atoms with van der Waals surface area (Å²) in [5.74, 6) is -0.482. The second-order valence-corrected chi connectivity index (χ2v) is 12.4. The average molecular weight is 553 g/mol. The van der Waals surface area contributed by atoms with Crippen LogP contribution in [0.3, 0.4) is 0 Å². The molecule has 2 bridgehead atoms. The van der Waals surface area contributed by atoms with Crippen molar-refractivity contribution in [3.8, 4) is 17.2 Å². The molecular formula is C26H26F2N8O2S. The molecule has 1 aromatic carbocycles. The zero-order valence-corrected chi connectivity index (χ0v) is 22.4. The maximum atomic E-state index is 14.5. The summed E-state index contributed by atoms with van der Waals surface area (Å²) in [6.45, 7) is 4.51. The molecular weight excluding hydrogens is 526 g/mol. The molecule has 6 rings (SSSR count). The van der Waals surface area contributed by atoms with Gasteiger partial charge in [0, 0.05) is 19.2 Å². The molecule has 0 radical (unpaired) electrons. The van der Waals surface area contributed by atoms with Crippen LogP contribution >= 0.6 is 0 Å². The normalized spacial score (nSPS) is 21.3. The minimum atomic E-state index is -3.30. The highest BCUT2D eigenvalue weighted by Gasteiger charge is 2.65. The Balaban J connectivity index is 1.37. The van der Waals surface area contributed by atoms with Crippen molar-refractivity contribution in [2.75, 3.05) is 12.8 Å². The van der Waals surface area contributed by atoms with Gasteiger partial charge in [-0.15, -0.1) is 10.2 Å². The minimum absolute atomic E-state index is 0.107. The summed E-state index contributed by atoms with van der Waals surface area (Å²) < 4.78 is 55.6. The molecule has 202 valence electrons. The monoisotopic (exact) mass is 552 g/mol. The van der Waals surface area contributed by atoms with Gasteiger partial charge in [-0.25, -0.2) is 36.9 Å². The zero-order chi connectivity index (χ0) is 27.6. The lowest BCUT2D eigenvalue weighted by Crippen LogP contribution is -2.38. The van der Waals surface area contributed by atoms with Crippen molar-refractivity contribution in [2.45, 2.75) is 44.4 Å². The van der Waals surface area contributed by atoms with Gasteiger partial charge in [0.2, 0.25) is 10.0 Å². The van der Waals surface area contributed by atoms with Gasteiger partial charge in [0.05, 0.1) is 34.3 Å². The Morgan fingerprint density at radius 2 is 1.90 bits per heavy atom. The standard InChI is InChI=1S/C26H26F2N8O2S/c1-25(2)16-7-10-26(25,23-15(16)13-19(33-34-23)22-17(27)5-4-6-18(22)28)20-8-11-29-24(32-20)36-14-30-21(35-36)9-12-31-39(3,37)38/h4-6,8,11,13-14,16,31H,7,9-10,12H2,1-3H3/t16-,26+/m0/s1. The van der Waals surface area contributed by atoms with E-state index in [1.807, 2.05) is 6.07 Å². The van der Waals surface area contributed by atoms with Gasteiger partial charge in [0.1, 0.15) is 18.0 Å². The molecule has 3 aromatic heterocycles. The number of rotatable bonds is 7. The Morgan fingerprint density at radius 3 is 2.64 bits per heavy atom. The van der Waals surface area contributed by atoms with E-state index in [0.29, 0.717) is 18.2 Å². The molecule has 10 nitrogen and oxygen atoms in total. The summed E-state index contributed by atoms with van der Waals surface area (Å²) in [5, 5.41) is 13.3. The predicted molar refractivity (Wildman–Crippen MR) is 137 cm³/mol. The van der Waals surface area contributed by atoms with Gasteiger partial charge < -0.3 is 0 Å². The number of benzene rings is 1. The molecule has 0 aliphatic heterocycles. The van der Waals surface area contributed by atoms with E-state index in [1.165, 1.54) is 29.2 Å². The number of aromatic nitrogens is 7. The number of halogens is 2. The largest absolute Gasteiger partial charge is 0.252 e. The molecule has 0 spiro atoms. The minimum Gasteiger partial charge on any atom is -0.220 e. The molecule has 39 heavy (non-hydrogen) atoms. The average Bonchev–Trinajstić information content (AvgIpc) is 3.51. The predicted octanol–water partition coefficient (Wildman–Crippen LogP) is 3.09. The quantitative estimate of drug-likeness (QED) is 0.371. The smallest absolute Gasteiger partial charge is 0.220 e. The van der Waals surface area contributed by atoms with Crippen molar-refractivity contribution in [2.24, 2.45) is 5.41 Å². The Kier molecular flexibility index (Phi) is 5.84. The lowest BCUT2D eigenvalue weighted by Gasteiger charge is -2.37.